The first-order valence-corrected chi connectivity index (χ1v) is 8.61. The number of carbonyl (C=O) groups is 1. The van der Waals surface area contributed by atoms with Gasteiger partial charge in [0.25, 0.3) is 5.91 Å². The van der Waals surface area contributed by atoms with Crippen molar-refractivity contribution in [2.24, 2.45) is 0 Å². The summed E-state index contributed by atoms with van der Waals surface area (Å²) in [6, 6.07) is 11.2. The van der Waals surface area contributed by atoms with E-state index in [0.29, 0.717) is 22.9 Å². The summed E-state index contributed by atoms with van der Waals surface area (Å²) < 4.78 is 0. The minimum absolute atomic E-state index is 0.238. The normalized spacial score (nSPS) is 12.1. The summed E-state index contributed by atoms with van der Waals surface area (Å²) in [4.78, 5) is 33.3. The summed E-state index contributed by atoms with van der Waals surface area (Å²) >= 11 is 0. The molecule has 2 N–H and O–H groups in total. The standard InChI is InChI=1S/C20H18N6O/c1-12-15(11-22-19(23-12)14-6-5-9-21-10-14)20(27)24-13(2)18-25-16-7-3-4-8-17(16)26-18/h3-11,13H,1-2H3,(H,24,27)(H,25,26). The summed E-state index contributed by atoms with van der Waals surface area (Å²) in [5.74, 6) is 1.01. The highest BCUT2D eigenvalue weighted by Crippen LogP contribution is 2.18. The molecule has 3 aromatic heterocycles. The van der Waals surface area contributed by atoms with Crippen molar-refractivity contribution in [1.82, 2.24) is 30.2 Å². The van der Waals surface area contributed by atoms with Gasteiger partial charge < -0.3 is 10.3 Å². The van der Waals surface area contributed by atoms with Gasteiger partial charge in [0.05, 0.1) is 28.3 Å². The van der Waals surface area contributed by atoms with E-state index in [0.717, 1.165) is 16.6 Å². The Kier molecular flexibility index (Phi) is 4.33. The van der Waals surface area contributed by atoms with Gasteiger partial charge in [-0.1, -0.05) is 12.1 Å². The fourth-order valence-electron chi connectivity index (χ4n) is 2.84. The maximum atomic E-state index is 12.7. The number of nitrogens with zero attached hydrogens (tertiary/aromatic N) is 4. The SMILES string of the molecule is Cc1nc(-c2cccnc2)ncc1C(=O)NC(C)c1nc2ccccc2[nH]1. The molecule has 0 radical (unpaired) electrons. The quantitative estimate of drug-likeness (QED) is 0.584. The number of aromatic nitrogens is 5. The topological polar surface area (TPSA) is 96.4 Å². The molecule has 0 aliphatic heterocycles. The van der Waals surface area contributed by atoms with E-state index in [-0.39, 0.29) is 11.9 Å². The Bertz CT molecular complexity index is 1070. The first-order valence-electron chi connectivity index (χ1n) is 8.61. The summed E-state index contributed by atoms with van der Waals surface area (Å²) in [6.07, 6.45) is 4.93. The zero-order chi connectivity index (χ0) is 18.8. The molecule has 7 heteroatoms. The van der Waals surface area contributed by atoms with Gasteiger partial charge in [-0.15, -0.1) is 0 Å². The molecule has 0 aliphatic carbocycles. The van der Waals surface area contributed by atoms with Crippen LogP contribution in [0.5, 0.6) is 0 Å². The number of aryl methyl sites for hydroxylation is 1. The molecule has 1 amide bonds. The van der Waals surface area contributed by atoms with Gasteiger partial charge in [0.1, 0.15) is 5.82 Å². The van der Waals surface area contributed by atoms with Crippen molar-refractivity contribution < 1.29 is 4.79 Å². The van der Waals surface area contributed by atoms with E-state index >= 15 is 0 Å². The highest BCUT2D eigenvalue weighted by molar-refractivity contribution is 5.95. The van der Waals surface area contributed by atoms with Crippen LogP contribution < -0.4 is 5.32 Å². The van der Waals surface area contributed by atoms with Gasteiger partial charge in [-0.3, -0.25) is 9.78 Å². The van der Waals surface area contributed by atoms with Gasteiger partial charge in [0, 0.05) is 24.2 Å². The predicted octanol–water partition coefficient (Wildman–Crippen LogP) is 3.21. The van der Waals surface area contributed by atoms with Crippen LogP contribution in [0.2, 0.25) is 0 Å². The molecular weight excluding hydrogens is 340 g/mol. The average Bonchev–Trinajstić information content (AvgIpc) is 3.13. The average molecular weight is 358 g/mol. The molecule has 0 saturated heterocycles. The van der Waals surface area contributed by atoms with Crippen LogP contribution in [-0.2, 0) is 0 Å². The Morgan fingerprint density at radius 1 is 1.11 bits per heavy atom. The van der Waals surface area contributed by atoms with Gasteiger partial charge >= 0.3 is 0 Å². The van der Waals surface area contributed by atoms with Gasteiger partial charge in [-0.2, -0.15) is 0 Å². The smallest absolute Gasteiger partial charge is 0.255 e. The van der Waals surface area contributed by atoms with Crippen LogP contribution in [-0.4, -0.2) is 30.8 Å². The second-order valence-electron chi connectivity index (χ2n) is 6.27. The first-order chi connectivity index (χ1) is 13.1. The molecule has 27 heavy (non-hydrogen) atoms. The minimum atomic E-state index is -0.276. The molecule has 4 rings (SSSR count). The molecule has 3 heterocycles. The fourth-order valence-corrected chi connectivity index (χ4v) is 2.84. The predicted molar refractivity (Wildman–Crippen MR) is 102 cm³/mol. The second kappa shape index (κ2) is 6.95. The number of fused-ring (bicyclic) bond motifs is 1. The Balaban J connectivity index is 1.54. The lowest BCUT2D eigenvalue weighted by molar-refractivity contribution is 0.0937. The van der Waals surface area contributed by atoms with Crippen LogP contribution >= 0.6 is 0 Å². The van der Waals surface area contributed by atoms with Gasteiger partial charge in [0.15, 0.2) is 5.82 Å². The maximum Gasteiger partial charge on any atom is 0.255 e. The van der Waals surface area contributed by atoms with Crippen molar-refractivity contribution in [3.63, 3.8) is 0 Å². The van der Waals surface area contributed by atoms with Crippen LogP contribution in [0.25, 0.3) is 22.4 Å². The number of benzene rings is 1. The summed E-state index contributed by atoms with van der Waals surface area (Å²) in [7, 11) is 0. The Morgan fingerprint density at radius 2 is 1.96 bits per heavy atom. The third kappa shape index (κ3) is 3.39. The van der Waals surface area contributed by atoms with Gasteiger partial charge in [-0.05, 0) is 38.1 Å². The number of imidazole rings is 1. The first kappa shape index (κ1) is 16.8. The van der Waals surface area contributed by atoms with Crippen molar-refractivity contribution in [1.29, 1.82) is 0 Å². The molecule has 1 aromatic carbocycles. The van der Waals surface area contributed by atoms with Crippen molar-refractivity contribution in [2.45, 2.75) is 19.9 Å². The van der Waals surface area contributed by atoms with Crippen LogP contribution in [0.1, 0.15) is 34.8 Å². The van der Waals surface area contributed by atoms with E-state index in [1.807, 2.05) is 43.3 Å². The van der Waals surface area contributed by atoms with E-state index in [1.165, 1.54) is 0 Å². The number of hydrogen-bond donors (Lipinski definition) is 2. The van der Waals surface area contributed by atoms with Crippen LogP contribution in [0, 0.1) is 6.92 Å². The second-order valence-corrected chi connectivity index (χ2v) is 6.27. The van der Waals surface area contributed by atoms with E-state index in [4.69, 9.17) is 0 Å². The van der Waals surface area contributed by atoms with E-state index in [1.54, 1.807) is 25.5 Å². The lowest BCUT2D eigenvalue weighted by Gasteiger charge is -2.12. The largest absolute Gasteiger partial charge is 0.342 e. The zero-order valence-corrected chi connectivity index (χ0v) is 15.0. The van der Waals surface area contributed by atoms with Crippen LogP contribution in [0.4, 0.5) is 0 Å². The van der Waals surface area contributed by atoms with Crippen LogP contribution in [0.15, 0.2) is 55.0 Å². The number of carbonyl (C=O) groups excluding carboxylic acids is 1. The zero-order valence-electron chi connectivity index (χ0n) is 15.0. The van der Waals surface area contributed by atoms with Crippen molar-refractivity contribution in [3.8, 4) is 11.4 Å². The Hall–Kier alpha value is -3.61. The van der Waals surface area contributed by atoms with E-state index in [9.17, 15) is 4.79 Å². The number of pyridine rings is 1. The fraction of sp³-hybridized carbons (Fsp3) is 0.150. The lowest BCUT2D eigenvalue weighted by atomic mass is 10.2. The molecular formula is C20H18N6O. The van der Waals surface area contributed by atoms with Crippen molar-refractivity contribution in [3.05, 3.63) is 72.1 Å². The molecule has 1 atom stereocenters. The molecule has 134 valence electrons. The molecule has 0 fully saturated rings. The van der Waals surface area contributed by atoms with Crippen molar-refractivity contribution in [2.75, 3.05) is 0 Å². The van der Waals surface area contributed by atoms with Crippen LogP contribution in [0.3, 0.4) is 0 Å². The molecule has 0 aliphatic rings. The van der Waals surface area contributed by atoms with E-state index in [2.05, 4.69) is 30.2 Å². The molecule has 4 aromatic rings. The molecule has 0 saturated carbocycles. The molecule has 1 unspecified atom stereocenters. The summed E-state index contributed by atoms with van der Waals surface area (Å²) in [6.45, 7) is 3.68. The summed E-state index contributed by atoms with van der Waals surface area (Å²) in [5.41, 5.74) is 3.66. The number of rotatable bonds is 4. The number of aromatic amines is 1. The molecule has 0 spiro atoms. The third-order valence-electron chi connectivity index (χ3n) is 4.31. The summed E-state index contributed by atoms with van der Waals surface area (Å²) in [5, 5.41) is 2.95. The van der Waals surface area contributed by atoms with Gasteiger partial charge in [-0.25, -0.2) is 15.0 Å². The number of amides is 1. The lowest BCUT2D eigenvalue weighted by Crippen LogP contribution is -2.28. The molecule has 0 bridgehead atoms. The molecule has 7 nitrogen and oxygen atoms in total. The Labute approximate surface area is 155 Å². The highest BCUT2D eigenvalue weighted by Gasteiger charge is 2.17. The Morgan fingerprint density at radius 3 is 2.70 bits per heavy atom. The maximum absolute atomic E-state index is 12.7. The number of H-pyrrole nitrogens is 1. The number of para-hydroxylation sites is 2. The minimum Gasteiger partial charge on any atom is -0.342 e. The van der Waals surface area contributed by atoms with Crippen molar-refractivity contribution >= 4 is 16.9 Å². The highest BCUT2D eigenvalue weighted by atomic mass is 16.1. The monoisotopic (exact) mass is 358 g/mol. The van der Waals surface area contributed by atoms with E-state index < -0.39 is 0 Å². The number of nitrogens with one attached hydrogen (secondary N) is 2. The third-order valence-corrected chi connectivity index (χ3v) is 4.31. The van der Waals surface area contributed by atoms with Gasteiger partial charge in [0.2, 0.25) is 0 Å². The number of hydrogen-bond acceptors (Lipinski definition) is 5.